The molecule has 0 aliphatic heterocycles. The Kier molecular flexibility index (Phi) is 13.5. The average molecular weight is 207 g/mol. The van der Waals surface area contributed by atoms with Crippen LogP contribution in [-0.4, -0.2) is 54.2 Å². The lowest BCUT2D eigenvalue weighted by Crippen LogP contribution is -2.00. The first-order chi connectivity index (χ1) is 6.04. The lowest BCUT2D eigenvalue weighted by molar-refractivity contribution is -0.134. The molecular formula is C8H21NO3Si. The summed E-state index contributed by atoms with van der Waals surface area (Å²) in [5.41, 5.74) is 0. The highest BCUT2D eigenvalue weighted by molar-refractivity contribution is 6.05. The molecule has 0 spiro atoms. The van der Waals surface area contributed by atoms with Gasteiger partial charge < -0.3 is 14.4 Å². The summed E-state index contributed by atoms with van der Waals surface area (Å²) < 4.78 is 4.52. The van der Waals surface area contributed by atoms with Crippen LogP contribution in [0.1, 0.15) is 19.3 Å². The zero-order chi connectivity index (χ0) is 10.7. The first-order valence-electron chi connectivity index (χ1n) is 4.33. The second kappa shape index (κ2) is 11.6. The molecule has 0 saturated heterocycles. The maximum atomic E-state index is 10.4. The molecule has 0 aromatic rings. The van der Waals surface area contributed by atoms with Gasteiger partial charge in [0.2, 0.25) is 10.5 Å². The van der Waals surface area contributed by atoms with Crippen molar-refractivity contribution in [2.75, 3.05) is 27.7 Å². The summed E-state index contributed by atoms with van der Waals surface area (Å²) in [7, 11) is 6.48. The smallest absolute Gasteiger partial charge is 0.291 e. The first-order valence-corrected chi connectivity index (χ1v) is 5.14. The number of nitrogens with zero attached hydrogens (tertiary/aromatic N) is 1. The fourth-order valence-corrected chi connectivity index (χ4v) is 0.687. The summed E-state index contributed by atoms with van der Waals surface area (Å²) in [5.74, 6) is -0.143. The highest BCUT2D eigenvalue weighted by atomic mass is 28.2. The third kappa shape index (κ3) is 24.5. The molecule has 0 saturated carbocycles. The number of carbonyl (C=O) groups is 1. The topological polar surface area (TPSA) is 49.8 Å². The van der Waals surface area contributed by atoms with Crippen molar-refractivity contribution < 1.29 is 14.3 Å². The zero-order valence-corrected chi connectivity index (χ0v) is 11.0. The van der Waals surface area contributed by atoms with Crippen LogP contribution in [0, 0.1) is 0 Å². The van der Waals surface area contributed by atoms with Crippen molar-refractivity contribution in [3.05, 3.63) is 0 Å². The molecule has 0 rings (SSSR count). The summed E-state index contributed by atoms with van der Waals surface area (Å²) in [4.78, 5) is 12.4. The van der Waals surface area contributed by atoms with E-state index in [-0.39, 0.29) is 12.6 Å². The van der Waals surface area contributed by atoms with Gasteiger partial charge in [0.15, 0.2) is 0 Å². The van der Waals surface area contributed by atoms with Gasteiger partial charge in [0.1, 0.15) is 0 Å². The maximum absolute atomic E-state index is 10.4. The molecule has 5 heteroatoms. The van der Waals surface area contributed by atoms with Crippen molar-refractivity contribution in [2.45, 2.75) is 19.3 Å². The van der Waals surface area contributed by atoms with Gasteiger partial charge in [0, 0.05) is 13.0 Å². The molecule has 0 bridgehead atoms. The van der Waals surface area contributed by atoms with Gasteiger partial charge in [-0.1, -0.05) is 0 Å². The SMILES string of the molecule is CN(C)C.O=C(CCCCO)O[SiH3]. The van der Waals surface area contributed by atoms with Crippen molar-refractivity contribution >= 4 is 16.5 Å². The fourth-order valence-electron chi connectivity index (χ4n) is 0.483. The molecule has 0 amide bonds. The second-order valence-electron chi connectivity index (χ2n) is 3.10. The van der Waals surface area contributed by atoms with E-state index < -0.39 is 0 Å². The average Bonchev–Trinajstić information content (AvgIpc) is 2.03. The van der Waals surface area contributed by atoms with Crippen LogP contribution in [0.25, 0.3) is 0 Å². The Labute approximate surface area is 83.4 Å². The van der Waals surface area contributed by atoms with Crippen LogP contribution in [0.3, 0.4) is 0 Å². The number of hydrogen-bond donors (Lipinski definition) is 1. The lowest BCUT2D eigenvalue weighted by Gasteiger charge is -1.96. The van der Waals surface area contributed by atoms with Gasteiger partial charge >= 0.3 is 0 Å². The zero-order valence-electron chi connectivity index (χ0n) is 9.04. The minimum absolute atomic E-state index is 0.143. The molecule has 1 N–H and O–H groups in total. The van der Waals surface area contributed by atoms with Crippen LogP contribution >= 0.6 is 0 Å². The Balaban J connectivity index is 0. The third-order valence-electron chi connectivity index (χ3n) is 1.02. The molecular weight excluding hydrogens is 186 g/mol. The Hall–Kier alpha value is -0.393. The van der Waals surface area contributed by atoms with Crippen LogP contribution in [0.15, 0.2) is 0 Å². The number of carbonyl (C=O) groups excluding carboxylic acids is 1. The van der Waals surface area contributed by atoms with Crippen LogP contribution in [0.5, 0.6) is 0 Å². The Bertz CT molecular complexity index is 117. The van der Waals surface area contributed by atoms with E-state index in [1.54, 1.807) is 0 Å². The molecule has 0 fully saturated rings. The fraction of sp³-hybridized carbons (Fsp3) is 0.875. The van der Waals surface area contributed by atoms with Gasteiger partial charge in [-0.3, -0.25) is 4.79 Å². The Morgan fingerprint density at radius 3 is 2.15 bits per heavy atom. The molecule has 0 aliphatic rings. The highest BCUT2D eigenvalue weighted by Gasteiger charge is 1.96. The summed E-state index contributed by atoms with van der Waals surface area (Å²) in [5, 5.41) is 8.31. The van der Waals surface area contributed by atoms with E-state index in [4.69, 9.17) is 5.11 Å². The molecule has 0 aliphatic carbocycles. The van der Waals surface area contributed by atoms with Crippen LogP contribution in [0.2, 0.25) is 0 Å². The second-order valence-corrected chi connectivity index (χ2v) is 3.51. The van der Waals surface area contributed by atoms with Crippen molar-refractivity contribution in [1.29, 1.82) is 0 Å². The minimum atomic E-state index is -0.143. The van der Waals surface area contributed by atoms with E-state index in [9.17, 15) is 4.79 Å². The predicted molar refractivity (Wildman–Crippen MR) is 56.6 cm³/mol. The molecule has 13 heavy (non-hydrogen) atoms. The lowest BCUT2D eigenvalue weighted by atomic mass is 10.2. The van der Waals surface area contributed by atoms with E-state index in [1.807, 2.05) is 26.0 Å². The third-order valence-corrected chi connectivity index (χ3v) is 1.47. The largest absolute Gasteiger partial charge is 0.529 e. The number of rotatable bonds is 4. The van der Waals surface area contributed by atoms with E-state index in [0.29, 0.717) is 23.3 Å². The number of hydrogen-bond acceptors (Lipinski definition) is 4. The summed E-state index contributed by atoms with van der Waals surface area (Å²) in [6.07, 6.45) is 1.87. The van der Waals surface area contributed by atoms with Crippen molar-refractivity contribution in [1.82, 2.24) is 4.90 Å². The predicted octanol–water partition coefficient (Wildman–Crippen LogP) is -0.850. The van der Waals surface area contributed by atoms with Gasteiger partial charge in [-0.25, -0.2) is 0 Å². The van der Waals surface area contributed by atoms with Gasteiger partial charge in [-0.2, -0.15) is 0 Å². The van der Waals surface area contributed by atoms with Crippen LogP contribution < -0.4 is 0 Å². The summed E-state index contributed by atoms with van der Waals surface area (Å²) in [6.45, 7) is 0.161. The molecule has 0 radical (unpaired) electrons. The monoisotopic (exact) mass is 207 g/mol. The summed E-state index contributed by atoms with van der Waals surface area (Å²) in [6, 6.07) is 0. The van der Waals surface area contributed by atoms with E-state index in [1.165, 1.54) is 0 Å². The normalized spacial score (nSPS) is 9.31. The number of unbranched alkanes of at least 4 members (excludes halogenated alkanes) is 1. The Morgan fingerprint density at radius 1 is 1.38 bits per heavy atom. The van der Waals surface area contributed by atoms with E-state index in [2.05, 4.69) is 4.43 Å². The molecule has 80 valence electrons. The van der Waals surface area contributed by atoms with Crippen molar-refractivity contribution in [2.24, 2.45) is 0 Å². The van der Waals surface area contributed by atoms with Crippen LogP contribution in [0.4, 0.5) is 0 Å². The molecule has 0 unspecified atom stereocenters. The highest BCUT2D eigenvalue weighted by Crippen LogP contribution is 1.94. The van der Waals surface area contributed by atoms with Gasteiger partial charge in [-0.15, -0.1) is 0 Å². The summed E-state index contributed by atoms with van der Waals surface area (Å²) >= 11 is 0. The number of aliphatic hydroxyl groups is 1. The molecule has 4 nitrogen and oxygen atoms in total. The van der Waals surface area contributed by atoms with Gasteiger partial charge in [0.05, 0.1) is 0 Å². The number of aliphatic hydroxyl groups excluding tert-OH is 1. The van der Waals surface area contributed by atoms with E-state index >= 15 is 0 Å². The van der Waals surface area contributed by atoms with Gasteiger partial charge in [-0.05, 0) is 34.0 Å². The molecule has 0 aromatic carbocycles. The molecule has 0 aromatic heterocycles. The van der Waals surface area contributed by atoms with Crippen molar-refractivity contribution in [3.63, 3.8) is 0 Å². The van der Waals surface area contributed by atoms with Crippen molar-refractivity contribution in [3.8, 4) is 0 Å². The standard InChI is InChI=1S/C5H12O3Si.C3H9N/c6-4-2-1-3-5(7)8-9;1-4(2)3/h6H,1-4H2,9H3;1-3H3. The first kappa shape index (κ1) is 15.1. The maximum Gasteiger partial charge on any atom is 0.291 e. The Morgan fingerprint density at radius 2 is 1.85 bits per heavy atom. The molecule has 0 heterocycles. The van der Waals surface area contributed by atoms with Crippen LogP contribution in [-0.2, 0) is 9.22 Å². The van der Waals surface area contributed by atoms with E-state index in [0.717, 1.165) is 6.42 Å². The molecule has 0 atom stereocenters. The van der Waals surface area contributed by atoms with Gasteiger partial charge in [0.25, 0.3) is 5.97 Å². The quantitative estimate of drug-likeness (QED) is 0.482. The minimum Gasteiger partial charge on any atom is -0.529 e.